The Bertz CT molecular complexity index is 191. The van der Waals surface area contributed by atoms with Crippen LogP contribution < -0.4 is 0 Å². The molecule has 0 aromatic carbocycles. The van der Waals surface area contributed by atoms with Gasteiger partial charge in [0.25, 0.3) is 0 Å². The molecule has 22 heavy (non-hydrogen) atoms. The van der Waals surface area contributed by atoms with Gasteiger partial charge in [-0.1, -0.05) is 39.5 Å². The minimum absolute atomic E-state index is 0.531. The second kappa shape index (κ2) is 19.5. The van der Waals surface area contributed by atoms with E-state index in [1.165, 1.54) is 72.3 Å². The van der Waals surface area contributed by atoms with E-state index in [1.807, 2.05) is 0 Å². The Labute approximate surface area is 153 Å². The van der Waals surface area contributed by atoms with E-state index in [9.17, 15) is 0 Å². The van der Waals surface area contributed by atoms with E-state index in [4.69, 9.17) is 0 Å². The summed E-state index contributed by atoms with van der Waals surface area (Å²) in [5.41, 5.74) is 0. The van der Waals surface area contributed by atoms with E-state index < -0.39 is 0 Å². The topological polar surface area (TPSA) is 26.5 Å². The van der Waals surface area contributed by atoms with Crippen LogP contribution in [0, 0.1) is 24.7 Å². The van der Waals surface area contributed by atoms with E-state index in [2.05, 4.69) is 49.2 Å². The van der Waals surface area contributed by atoms with Gasteiger partial charge in [0, 0.05) is 0 Å². The average Bonchev–Trinajstić information content (AvgIpc) is 2.51. The van der Waals surface area contributed by atoms with Gasteiger partial charge in [0.05, 0.1) is 0 Å². The van der Waals surface area contributed by atoms with Crippen LogP contribution in [0.25, 0.3) is 5.32 Å². The quantitative estimate of drug-likeness (QED) is 0.360. The fourth-order valence-electron chi connectivity index (χ4n) is 2.19. The van der Waals surface area contributed by atoms with E-state index in [-0.39, 0.29) is 0 Å². The molecule has 2 rings (SSSR count). The second-order valence-corrected chi connectivity index (χ2v) is 7.32. The average molecular weight is 388 g/mol. The molecule has 0 aromatic rings. The first kappa shape index (κ1) is 24.7. The molecule has 2 saturated carbocycles. The Morgan fingerprint density at radius 3 is 1.18 bits per heavy atom. The van der Waals surface area contributed by atoms with E-state index in [1.54, 1.807) is 14.1 Å². The van der Waals surface area contributed by atoms with Gasteiger partial charge in [-0.15, -0.1) is 0 Å². The summed E-state index contributed by atoms with van der Waals surface area (Å²) in [6, 6.07) is 0.531. The standard InChI is InChI=1S/2C7H13.C3H7N.C2H6N.Nb/c2*1-7-5-3-2-4-6-7;1-3(2)4;1-3-2;/h2*2,7H,3-6H2,1H3;3H,1-2H3;1-2H3;/q2*-1;;-1;. The normalized spacial score (nSPS) is 18.8. The third-order valence-electron chi connectivity index (χ3n) is 3.69. The molecule has 2 nitrogen and oxygen atoms in total. The number of hydrogen-bond acceptors (Lipinski definition) is 1. The molecule has 0 N–H and O–H groups in total. The molecular formula is C19H39N2Nb-3. The Morgan fingerprint density at radius 1 is 0.864 bits per heavy atom. The van der Waals surface area contributed by atoms with Crippen LogP contribution in [0.5, 0.6) is 0 Å². The Kier molecular flexibility index (Phi) is 22.0. The van der Waals surface area contributed by atoms with Crippen molar-refractivity contribution in [1.82, 2.24) is 0 Å². The molecule has 2 aliphatic carbocycles. The maximum Gasteiger partial charge on any atom is -0.0491 e. The molecule has 2 fully saturated rings. The third kappa shape index (κ3) is 22.8. The van der Waals surface area contributed by atoms with Crippen LogP contribution in [0.3, 0.4) is 0 Å². The number of rotatable bonds is 1. The molecule has 0 heterocycles. The molecule has 2 aliphatic rings. The first-order chi connectivity index (χ1) is 10.5. The Balaban J connectivity index is 0. The first-order valence-corrected chi connectivity index (χ1v) is 9.91. The van der Waals surface area contributed by atoms with Crippen molar-refractivity contribution in [2.75, 3.05) is 14.1 Å². The minimum atomic E-state index is 0.531. The summed E-state index contributed by atoms with van der Waals surface area (Å²) in [4.78, 5) is 0. The van der Waals surface area contributed by atoms with E-state index in [0.717, 1.165) is 11.8 Å². The van der Waals surface area contributed by atoms with Gasteiger partial charge in [-0.2, -0.15) is 39.8 Å². The summed E-state index contributed by atoms with van der Waals surface area (Å²) in [5, 5.41) is 3.50. The molecule has 0 aliphatic heterocycles. The van der Waals surface area contributed by atoms with Crippen molar-refractivity contribution in [2.24, 2.45) is 15.2 Å². The third-order valence-corrected chi connectivity index (χ3v) is 4.82. The van der Waals surface area contributed by atoms with Gasteiger partial charge >= 0.3 is 44.1 Å². The fraction of sp³-hybridized carbons (Fsp3) is 0.895. The SMILES string of the molecule is CC(C)[N]=[Nb].CC1CC[CH-]CC1.CC1CC[CH-]CC1.C[N-]C. The molecule has 0 spiro atoms. The largest absolute Gasteiger partial charge is 0.668 e. The van der Waals surface area contributed by atoms with Crippen LogP contribution in [0.1, 0.15) is 79.1 Å². The van der Waals surface area contributed by atoms with Crippen molar-refractivity contribution in [1.29, 1.82) is 0 Å². The van der Waals surface area contributed by atoms with Gasteiger partial charge in [-0.05, 0) is 11.8 Å². The van der Waals surface area contributed by atoms with Crippen LogP contribution in [0.2, 0.25) is 0 Å². The van der Waals surface area contributed by atoms with Crippen molar-refractivity contribution < 1.29 is 20.9 Å². The van der Waals surface area contributed by atoms with Crippen molar-refractivity contribution in [3.8, 4) is 0 Å². The Hall–Kier alpha value is 0.500. The van der Waals surface area contributed by atoms with Crippen LogP contribution >= 0.6 is 0 Å². The van der Waals surface area contributed by atoms with Crippen LogP contribution in [-0.2, 0) is 20.9 Å². The second-order valence-electron chi connectivity index (χ2n) is 6.75. The molecule has 3 heteroatoms. The van der Waals surface area contributed by atoms with Crippen LogP contribution in [0.4, 0.5) is 0 Å². The van der Waals surface area contributed by atoms with Crippen LogP contribution in [-0.4, -0.2) is 20.1 Å². The molecule has 0 aromatic heterocycles. The molecule has 0 unspecified atom stereocenters. The molecule has 0 bridgehead atoms. The van der Waals surface area contributed by atoms with Gasteiger partial charge in [-0.25, -0.2) is 0 Å². The zero-order chi connectivity index (χ0) is 17.2. The summed E-state index contributed by atoms with van der Waals surface area (Å²) in [5.74, 6) is 2.01. The zero-order valence-electron chi connectivity index (χ0n) is 15.9. The summed E-state index contributed by atoms with van der Waals surface area (Å²) >= 11 is 1.53. The predicted octanol–water partition coefficient (Wildman–Crippen LogP) is 6.55. The van der Waals surface area contributed by atoms with Crippen molar-refractivity contribution in [3.63, 3.8) is 0 Å². The zero-order valence-corrected chi connectivity index (χ0v) is 18.1. The van der Waals surface area contributed by atoms with Gasteiger partial charge < -0.3 is 18.2 Å². The minimum Gasteiger partial charge on any atom is -0.668 e. The van der Waals surface area contributed by atoms with Crippen molar-refractivity contribution in [3.05, 3.63) is 18.2 Å². The summed E-state index contributed by atoms with van der Waals surface area (Å²) < 4.78 is 3.94. The molecule has 0 radical (unpaired) electrons. The predicted molar refractivity (Wildman–Crippen MR) is 96.6 cm³/mol. The monoisotopic (exact) mass is 388 g/mol. The molecular weight excluding hydrogens is 349 g/mol. The summed E-state index contributed by atoms with van der Waals surface area (Å²) in [6.07, 6.45) is 16.0. The maximum absolute atomic E-state index is 3.94. The van der Waals surface area contributed by atoms with Crippen molar-refractivity contribution >= 4 is 0 Å². The summed E-state index contributed by atoms with van der Waals surface area (Å²) in [7, 11) is 3.50. The fourth-order valence-corrected chi connectivity index (χ4v) is 2.19. The molecule has 0 atom stereocenters. The molecule has 0 amide bonds. The summed E-state index contributed by atoms with van der Waals surface area (Å²) in [6.45, 7) is 8.82. The van der Waals surface area contributed by atoms with E-state index in [0.29, 0.717) is 6.04 Å². The van der Waals surface area contributed by atoms with Crippen LogP contribution in [0.15, 0.2) is 3.34 Å². The number of hydrogen-bond donors (Lipinski definition) is 0. The molecule has 133 valence electrons. The number of nitrogens with zero attached hydrogens (tertiary/aromatic N) is 2. The molecule has 0 saturated heterocycles. The van der Waals surface area contributed by atoms with E-state index >= 15 is 0 Å². The van der Waals surface area contributed by atoms with Gasteiger partial charge in [0.1, 0.15) is 0 Å². The van der Waals surface area contributed by atoms with Crippen molar-refractivity contribution in [2.45, 2.75) is 85.1 Å². The smallest absolute Gasteiger partial charge is 0.0491 e. The Morgan fingerprint density at radius 2 is 1.09 bits per heavy atom. The maximum atomic E-state index is 3.94. The van der Waals surface area contributed by atoms with Gasteiger partial charge in [0.2, 0.25) is 0 Å². The first-order valence-electron chi connectivity index (χ1n) is 8.93. The van der Waals surface area contributed by atoms with Gasteiger partial charge in [-0.3, -0.25) is 0 Å². The van der Waals surface area contributed by atoms with Gasteiger partial charge in [0.15, 0.2) is 0 Å².